The molecule has 0 bridgehead atoms. The summed E-state index contributed by atoms with van der Waals surface area (Å²) < 4.78 is 1.82. The van der Waals surface area contributed by atoms with E-state index in [4.69, 9.17) is 0 Å². The zero-order chi connectivity index (χ0) is 7.84. The fourth-order valence-corrected chi connectivity index (χ4v) is 1.25. The van der Waals surface area contributed by atoms with Crippen LogP contribution in [0.3, 0.4) is 0 Å². The molecule has 0 atom stereocenters. The topological polar surface area (TPSA) is 30.7 Å². The molecular weight excluding hydrogens is 138 g/mol. The SMILES string of the molecule is Cc1n[c]cc2cnn(C)c12. The quantitative estimate of drug-likeness (QED) is 0.556. The smallest absolute Gasteiger partial charge is 0.0897 e. The van der Waals surface area contributed by atoms with Gasteiger partial charge < -0.3 is 0 Å². The van der Waals surface area contributed by atoms with E-state index in [0.717, 1.165) is 16.6 Å². The molecule has 2 aromatic rings. The molecule has 0 N–H and O–H groups in total. The van der Waals surface area contributed by atoms with Crippen LogP contribution in [0.1, 0.15) is 5.69 Å². The van der Waals surface area contributed by atoms with Gasteiger partial charge >= 0.3 is 0 Å². The van der Waals surface area contributed by atoms with Crippen molar-refractivity contribution in [1.82, 2.24) is 14.8 Å². The second kappa shape index (κ2) is 2.05. The number of aryl methyl sites for hydroxylation is 2. The molecular formula is C8H8N3. The average Bonchev–Trinajstić information content (AvgIpc) is 2.34. The molecule has 0 saturated heterocycles. The number of hydrogen-bond acceptors (Lipinski definition) is 2. The minimum atomic E-state index is 0.975. The van der Waals surface area contributed by atoms with Gasteiger partial charge in [-0.2, -0.15) is 5.10 Å². The van der Waals surface area contributed by atoms with Crippen LogP contribution in [0, 0.1) is 13.1 Å². The van der Waals surface area contributed by atoms with E-state index in [1.54, 1.807) is 0 Å². The molecule has 0 aliphatic heterocycles. The van der Waals surface area contributed by atoms with Crippen LogP contribution in [0.15, 0.2) is 12.3 Å². The summed E-state index contributed by atoms with van der Waals surface area (Å²) in [6, 6.07) is 1.84. The van der Waals surface area contributed by atoms with E-state index in [2.05, 4.69) is 16.3 Å². The molecule has 0 spiro atoms. The zero-order valence-corrected chi connectivity index (χ0v) is 6.50. The Kier molecular flexibility index (Phi) is 1.18. The summed E-state index contributed by atoms with van der Waals surface area (Å²) in [6.07, 6.45) is 4.63. The monoisotopic (exact) mass is 146 g/mol. The summed E-state index contributed by atoms with van der Waals surface area (Å²) in [4.78, 5) is 4.05. The highest BCUT2D eigenvalue weighted by atomic mass is 15.3. The lowest BCUT2D eigenvalue weighted by atomic mass is 10.3. The van der Waals surface area contributed by atoms with E-state index in [1.807, 2.05) is 30.9 Å². The van der Waals surface area contributed by atoms with Crippen molar-refractivity contribution in [3.05, 3.63) is 24.2 Å². The van der Waals surface area contributed by atoms with Crippen LogP contribution >= 0.6 is 0 Å². The summed E-state index contributed by atoms with van der Waals surface area (Å²) in [5.41, 5.74) is 2.06. The van der Waals surface area contributed by atoms with Gasteiger partial charge in [0.2, 0.25) is 0 Å². The molecule has 0 unspecified atom stereocenters. The molecule has 2 heterocycles. The molecule has 0 fully saturated rings. The highest BCUT2D eigenvalue weighted by Gasteiger charge is 2.01. The van der Waals surface area contributed by atoms with Crippen LogP contribution in [0.4, 0.5) is 0 Å². The predicted molar refractivity (Wildman–Crippen MR) is 42.1 cm³/mol. The van der Waals surface area contributed by atoms with E-state index in [-0.39, 0.29) is 0 Å². The van der Waals surface area contributed by atoms with Gasteiger partial charge in [-0.05, 0) is 13.0 Å². The molecule has 3 heteroatoms. The maximum Gasteiger partial charge on any atom is 0.0897 e. The third kappa shape index (κ3) is 0.808. The Hall–Kier alpha value is -1.38. The fourth-order valence-electron chi connectivity index (χ4n) is 1.25. The van der Waals surface area contributed by atoms with Gasteiger partial charge in [-0.3, -0.25) is 4.68 Å². The van der Waals surface area contributed by atoms with E-state index >= 15 is 0 Å². The van der Waals surface area contributed by atoms with Crippen molar-refractivity contribution >= 4 is 10.9 Å². The van der Waals surface area contributed by atoms with Crippen molar-refractivity contribution in [3.8, 4) is 0 Å². The maximum atomic E-state index is 4.11. The van der Waals surface area contributed by atoms with Gasteiger partial charge in [-0.15, -0.1) is 0 Å². The zero-order valence-electron chi connectivity index (χ0n) is 6.50. The minimum Gasteiger partial charge on any atom is -0.266 e. The Balaban J connectivity index is 2.96. The maximum absolute atomic E-state index is 4.11. The molecule has 2 aromatic heterocycles. The van der Waals surface area contributed by atoms with Gasteiger partial charge in [0.25, 0.3) is 0 Å². The second-order valence-electron chi connectivity index (χ2n) is 2.54. The molecule has 55 valence electrons. The molecule has 11 heavy (non-hydrogen) atoms. The Bertz CT molecular complexity index is 389. The average molecular weight is 146 g/mol. The van der Waals surface area contributed by atoms with E-state index in [1.165, 1.54) is 0 Å². The normalized spacial score (nSPS) is 10.7. The van der Waals surface area contributed by atoms with Crippen molar-refractivity contribution in [2.45, 2.75) is 6.92 Å². The van der Waals surface area contributed by atoms with E-state index < -0.39 is 0 Å². The summed E-state index contributed by atoms with van der Waals surface area (Å²) in [5.74, 6) is 0. The Labute approximate surface area is 64.7 Å². The predicted octanol–water partition coefficient (Wildman–Crippen LogP) is 1.08. The minimum absolute atomic E-state index is 0.975. The molecule has 3 nitrogen and oxygen atoms in total. The number of aromatic nitrogens is 3. The fraction of sp³-hybridized carbons (Fsp3) is 0.250. The lowest BCUT2D eigenvalue weighted by Crippen LogP contribution is -1.92. The van der Waals surface area contributed by atoms with Gasteiger partial charge in [0.1, 0.15) is 0 Å². The number of nitrogens with zero attached hydrogens (tertiary/aromatic N) is 3. The van der Waals surface area contributed by atoms with E-state index in [0.29, 0.717) is 0 Å². The third-order valence-electron chi connectivity index (χ3n) is 1.76. The Morgan fingerprint density at radius 2 is 2.36 bits per heavy atom. The van der Waals surface area contributed by atoms with Crippen molar-refractivity contribution in [3.63, 3.8) is 0 Å². The summed E-state index contributed by atoms with van der Waals surface area (Å²) >= 11 is 0. The summed E-state index contributed by atoms with van der Waals surface area (Å²) in [6.45, 7) is 1.96. The standard InChI is InChI=1S/C8H8N3/c1-6-8-7(3-4-9-6)5-10-11(8)2/h3,5H,1-2H3. The first-order valence-corrected chi connectivity index (χ1v) is 3.44. The summed E-state index contributed by atoms with van der Waals surface area (Å²) in [7, 11) is 1.91. The Morgan fingerprint density at radius 3 is 3.09 bits per heavy atom. The lowest BCUT2D eigenvalue weighted by Gasteiger charge is -1.95. The first kappa shape index (κ1) is 6.34. The van der Waals surface area contributed by atoms with Crippen LogP contribution in [0.2, 0.25) is 0 Å². The highest BCUT2D eigenvalue weighted by Crippen LogP contribution is 2.13. The lowest BCUT2D eigenvalue weighted by molar-refractivity contribution is 0.792. The van der Waals surface area contributed by atoms with Crippen LogP contribution in [0.5, 0.6) is 0 Å². The summed E-state index contributed by atoms with van der Waals surface area (Å²) in [5, 5.41) is 5.21. The molecule has 0 aliphatic rings. The molecule has 2 rings (SSSR count). The largest absolute Gasteiger partial charge is 0.266 e. The third-order valence-corrected chi connectivity index (χ3v) is 1.76. The number of hydrogen-bond donors (Lipinski definition) is 0. The molecule has 0 saturated carbocycles. The van der Waals surface area contributed by atoms with Gasteiger partial charge in [-0.1, -0.05) is 0 Å². The van der Waals surface area contributed by atoms with Crippen LogP contribution in [-0.2, 0) is 7.05 Å². The molecule has 0 amide bonds. The van der Waals surface area contributed by atoms with Crippen molar-refractivity contribution in [2.24, 2.45) is 7.05 Å². The molecule has 1 radical (unpaired) electrons. The van der Waals surface area contributed by atoms with Crippen molar-refractivity contribution in [2.75, 3.05) is 0 Å². The highest BCUT2D eigenvalue weighted by molar-refractivity contribution is 5.79. The Morgan fingerprint density at radius 1 is 1.55 bits per heavy atom. The first-order valence-electron chi connectivity index (χ1n) is 3.44. The number of rotatable bonds is 0. The molecule has 0 aromatic carbocycles. The number of fused-ring (bicyclic) bond motifs is 1. The van der Waals surface area contributed by atoms with Gasteiger partial charge in [0, 0.05) is 12.4 Å². The first-order chi connectivity index (χ1) is 5.29. The van der Waals surface area contributed by atoms with Crippen LogP contribution in [-0.4, -0.2) is 14.8 Å². The van der Waals surface area contributed by atoms with Gasteiger partial charge in [-0.25, -0.2) is 4.98 Å². The van der Waals surface area contributed by atoms with Crippen molar-refractivity contribution < 1.29 is 0 Å². The van der Waals surface area contributed by atoms with Gasteiger partial charge in [0.05, 0.1) is 23.6 Å². The van der Waals surface area contributed by atoms with E-state index in [9.17, 15) is 0 Å². The second-order valence-corrected chi connectivity index (χ2v) is 2.54. The van der Waals surface area contributed by atoms with Crippen LogP contribution in [0.25, 0.3) is 10.9 Å². The molecule has 0 aliphatic carbocycles. The van der Waals surface area contributed by atoms with Crippen LogP contribution < -0.4 is 0 Å². The number of pyridine rings is 1. The van der Waals surface area contributed by atoms with Gasteiger partial charge in [0.15, 0.2) is 0 Å². The van der Waals surface area contributed by atoms with Crippen molar-refractivity contribution in [1.29, 1.82) is 0 Å².